The number of halogens is 1. The maximum Gasteiger partial charge on any atom is 0.0406 e. The molecule has 0 aromatic heterocycles. The molecule has 100 valence electrons. The molecule has 1 N–H and O–H groups in total. The van der Waals surface area contributed by atoms with Crippen LogP contribution in [0, 0.1) is 5.41 Å². The van der Waals surface area contributed by atoms with Gasteiger partial charge in [-0.05, 0) is 55.3 Å². The van der Waals surface area contributed by atoms with Crippen molar-refractivity contribution in [3.63, 3.8) is 0 Å². The highest BCUT2D eigenvalue weighted by Gasteiger charge is 2.27. The molecule has 1 aromatic rings. The van der Waals surface area contributed by atoms with Gasteiger partial charge < -0.3 is 5.32 Å². The summed E-state index contributed by atoms with van der Waals surface area (Å²) in [4.78, 5) is 0. The van der Waals surface area contributed by atoms with Gasteiger partial charge in [0.25, 0.3) is 0 Å². The van der Waals surface area contributed by atoms with Gasteiger partial charge in [-0.15, -0.1) is 0 Å². The normalized spacial score (nSPS) is 22.9. The molecule has 1 nitrogen and oxygen atoms in total. The number of benzene rings is 1. The molecule has 18 heavy (non-hydrogen) atoms. The molecule has 1 fully saturated rings. The van der Waals surface area contributed by atoms with E-state index >= 15 is 0 Å². The van der Waals surface area contributed by atoms with E-state index in [0.717, 1.165) is 18.0 Å². The van der Waals surface area contributed by atoms with Crippen LogP contribution in [0.5, 0.6) is 0 Å². The second-order valence-corrected chi connectivity index (χ2v) is 6.72. The van der Waals surface area contributed by atoms with Crippen molar-refractivity contribution < 1.29 is 0 Å². The van der Waals surface area contributed by atoms with E-state index in [2.05, 4.69) is 31.3 Å². The van der Waals surface area contributed by atoms with Crippen LogP contribution in [0.4, 0.5) is 0 Å². The van der Waals surface area contributed by atoms with E-state index in [4.69, 9.17) is 11.6 Å². The molecule has 0 radical (unpaired) electrons. The molecule has 0 bridgehead atoms. The van der Waals surface area contributed by atoms with E-state index < -0.39 is 0 Å². The maximum absolute atomic E-state index is 5.88. The van der Waals surface area contributed by atoms with Crippen molar-refractivity contribution in [3.8, 4) is 0 Å². The second kappa shape index (κ2) is 6.08. The Morgan fingerprint density at radius 3 is 2.67 bits per heavy atom. The number of nitrogens with one attached hydrogen (secondary N) is 1. The Balaban J connectivity index is 1.73. The first-order chi connectivity index (χ1) is 8.55. The minimum atomic E-state index is 0.524. The molecule has 1 unspecified atom stereocenters. The SMILES string of the molecule is CC1(C)CCCC(NCCc2ccc(Cl)cc2)C1. The minimum Gasteiger partial charge on any atom is -0.314 e. The van der Waals surface area contributed by atoms with Gasteiger partial charge in [0.15, 0.2) is 0 Å². The zero-order chi connectivity index (χ0) is 13.0. The van der Waals surface area contributed by atoms with Crippen LogP contribution in [-0.2, 0) is 6.42 Å². The number of rotatable bonds is 4. The molecule has 2 rings (SSSR count). The fraction of sp³-hybridized carbons (Fsp3) is 0.625. The summed E-state index contributed by atoms with van der Waals surface area (Å²) in [6.45, 7) is 5.85. The van der Waals surface area contributed by atoms with Gasteiger partial charge in [-0.3, -0.25) is 0 Å². The molecule has 1 saturated carbocycles. The largest absolute Gasteiger partial charge is 0.314 e. The van der Waals surface area contributed by atoms with Crippen LogP contribution in [0.3, 0.4) is 0 Å². The Morgan fingerprint density at radius 1 is 1.28 bits per heavy atom. The maximum atomic E-state index is 5.88. The van der Waals surface area contributed by atoms with Crippen molar-refractivity contribution >= 4 is 11.6 Å². The average molecular weight is 266 g/mol. The van der Waals surface area contributed by atoms with E-state index in [-0.39, 0.29) is 0 Å². The van der Waals surface area contributed by atoms with Crippen molar-refractivity contribution in [1.29, 1.82) is 0 Å². The van der Waals surface area contributed by atoms with Gasteiger partial charge in [0, 0.05) is 11.1 Å². The summed E-state index contributed by atoms with van der Waals surface area (Å²) in [7, 11) is 0. The fourth-order valence-corrected chi connectivity index (χ4v) is 3.07. The number of hydrogen-bond acceptors (Lipinski definition) is 1. The van der Waals surface area contributed by atoms with Crippen molar-refractivity contribution in [2.75, 3.05) is 6.54 Å². The predicted molar refractivity (Wildman–Crippen MR) is 79.2 cm³/mol. The molecule has 0 saturated heterocycles. The summed E-state index contributed by atoms with van der Waals surface area (Å²) in [6, 6.07) is 8.89. The lowest BCUT2D eigenvalue weighted by Gasteiger charge is -2.35. The summed E-state index contributed by atoms with van der Waals surface area (Å²) in [5.74, 6) is 0. The van der Waals surface area contributed by atoms with Gasteiger partial charge in [-0.1, -0.05) is 44.0 Å². The molecule has 0 amide bonds. The third-order valence-corrected chi connectivity index (χ3v) is 4.22. The minimum absolute atomic E-state index is 0.524. The Kier molecular flexibility index (Phi) is 4.69. The summed E-state index contributed by atoms with van der Waals surface area (Å²) in [5, 5.41) is 4.53. The Bertz CT molecular complexity index is 369. The molecular formula is C16H24ClN. The van der Waals surface area contributed by atoms with Crippen LogP contribution in [-0.4, -0.2) is 12.6 Å². The van der Waals surface area contributed by atoms with E-state index in [0.29, 0.717) is 11.5 Å². The molecule has 1 aliphatic rings. The first-order valence-electron chi connectivity index (χ1n) is 7.03. The molecule has 1 aromatic carbocycles. The standard InChI is InChI=1S/C16H24ClN/c1-16(2)10-3-4-15(12-16)18-11-9-13-5-7-14(17)8-6-13/h5-8,15,18H,3-4,9-12H2,1-2H3. The van der Waals surface area contributed by atoms with Gasteiger partial charge in [-0.2, -0.15) is 0 Å². The lowest BCUT2D eigenvalue weighted by Crippen LogP contribution is -2.38. The predicted octanol–water partition coefficient (Wildman–Crippen LogP) is 4.44. The highest BCUT2D eigenvalue weighted by molar-refractivity contribution is 6.30. The monoisotopic (exact) mass is 265 g/mol. The molecule has 0 spiro atoms. The highest BCUT2D eigenvalue weighted by Crippen LogP contribution is 2.34. The van der Waals surface area contributed by atoms with Crippen LogP contribution in [0.2, 0.25) is 5.02 Å². The van der Waals surface area contributed by atoms with Gasteiger partial charge in [0.2, 0.25) is 0 Å². The van der Waals surface area contributed by atoms with Gasteiger partial charge in [0.1, 0.15) is 0 Å². The molecule has 1 atom stereocenters. The van der Waals surface area contributed by atoms with E-state index in [9.17, 15) is 0 Å². The Hall–Kier alpha value is -0.530. The van der Waals surface area contributed by atoms with Crippen LogP contribution in [0.1, 0.15) is 45.1 Å². The van der Waals surface area contributed by atoms with Crippen LogP contribution >= 0.6 is 11.6 Å². The average Bonchev–Trinajstić information content (AvgIpc) is 2.30. The zero-order valence-electron chi connectivity index (χ0n) is 11.5. The molecule has 0 aliphatic heterocycles. The highest BCUT2D eigenvalue weighted by atomic mass is 35.5. The summed E-state index contributed by atoms with van der Waals surface area (Å²) in [5.41, 5.74) is 1.89. The van der Waals surface area contributed by atoms with Crippen LogP contribution in [0.25, 0.3) is 0 Å². The van der Waals surface area contributed by atoms with E-state index in [1.54, 1.807) is 0 Å². The fourth-order valence-electron chi connectivity index (χ4n) is 2.94. The molecular weight excluding hydrogens is 242 g/mol. The van der Waals surface area contributed by atoms with Gasteiger partial charge >= 0.3 is 0 Å². The second-order valence-electron chi connectivity index (χ2n) is 6.29. The smallest absolute Gasteiger partial charge is 0.0406 e. The van der Waals surface area contributed by atoms with Crippen LogP contribution < -0.4 is 5.32 Å². The summed E-state index contributed by atoms with van der Waals surface area (Å²) >= 11 is 5.88. The van der Waals surface area contributed by atoms with Crippen LogP contribution in [0.15, 0.2) is 24.3 Å². The lowest BCUT2D eigenvalue weighted by atomic mass is 9.75. The van der Waals surface area contributed by atoms with E-state index in [1.807, 2.05) is 12.1 Å². The molecule has 0 heterocycles. The van der Waals surface area contributed by atoms with Crippen molar-refractivity contribution in [1.82, 2.24) is 5.32 Å². The molecule has 1 aliphatic carbocycles. The Morgan fingerprint density at radius 2 is 2.00 bits per heavy atom. The topological polar surface area (TPSA) is 12.0 Å². The molecule has 2 heteroatoms. The first-order valence-corrected chi connectivity index (χ1v) is 7.41. The third kappa shape index (κ3) is 4.29. The van der Waals surface area contributed by atoms with E-state index in [1.165, 1.54) is 31.2 Å². The van der Waals surface area contributed by atoms with Crippen molar-refractivity contribution in [2.45, 2.75) is 52.0 Å². The lowest BCUT2D eigenvalue weighted by molar-refractivity contribution is 0.199. The first kappa shape index (κ1) is 13.9. The zero-order valence-corrected chi connectivity index (χ0v) is 12.3. The number of hydrogen-bond donors (Lipinski definition) is 1. The quantitative estimate of drug-likeness (QED) is 0.849. The summed E-state index contributed by atoms with van der Waals surface area (Å²) < 4.78 is 0. The van der Waals surface area contributed by atoms with Gasteiger partial charge in [-0.25, -0.2) is 0 Å². The van der Waals surface area contributed by atoms with Crippen molar-refractivity contribution in [2.24, 2.45) is 5.41 Å². The third-order valence-electron chi connectivity index (χ3n) is 3.97. The summed E-state index contributed by atoms with van der Waals surface area (Å²) in [6.07, 6.45) is 6.49. The van der Waals surface area contributed by atoms with Crippen molar-refractivity contribution in [3.05, 3.63) is 34.9 Å². The Labute approximate surface area is 116 Å². The van der Waals surface area contributed by atoms with Gasteiger partial charge in [0.05, 0.1) is 0 Å².